The molecule has 10 heteroatoms. The number of aromatic nitrogens is 1. The maximum atomic E-state index is 8.49. The number of nitrogens with zero attached hydrogens (tertiary/aromatic N) is 2. The van der Waals surface area contributed by atoms with Crippen molar-refractivity contribution < 1.29 is 38.2 Å². The quantitative estimate of drug-likeness (QED) is 0.163. The minimum atomic E-state index is -4.94. The molecule has 1 unspecified atom stereocenters. The van der Waals surface area contributed by atoms with Crippen molar-refractivity contribution >= 4 is 43.6 Å². The van der Waals surface area contributed by atoms with Crippen molar-refractivity contribution in [2.75, 3.05) is 11.9 Å². The summed E-state index contributed by atoms with van der Waals surface area (Å²) in [6, 6.07) is 56.4. The number of para-hydroxylation sites is 1. The Morgan fingerprint density at radius 3 is 1.62 bits per heavy atom. The molecule has 290 valence electrons. The normalized spacial score (nSPS) is 16.3. The smallest absolute Gasteiger partial charge is 0.219 e. The van der Waals surface area contributed by atoms with Gasteiger partial charge in [0.15, 0.2) is 0 Å². The molecule has 7 aromatic rings. The van der Waals surface area contributed by atoms with Crippen LogP contribution in [0.1, 0.15) is 25.0 Å². The number of fused-ring (bicyclic) bond motifs is 2. The van der Waals surface area contributed by atoms with Gasteiger partial charge in [-0.05, 0) is 103 Å². The zero-order chi connectivity index (χ0) is 40.8. The number of halogens is 3. The Morgan fingerprint density at radius 2 is 1.09 bits per heavy atom. The van der Waals surface area contributed by atoms with Crippen molar-refractivity contribution in [3.05, 3.63) is 184 Å². The SMILES string of the molecule is CN1c2ccccc2C(C)(C)C12C=Cc1cc(-[n+]3c(-c4ccc(Br)cc4)cc(-c4ccccc4)cc3-c3ccc(Br)cc3)cc(-c3ccccc3)c1O2.[O-][Cl+3]([O-])([O-])[O-]. The summed E-state index contributed by atoms with van der Waals surface area (Å²) < 4.78 is 45.9. The predicted octanol–water partition coefficient (Wildman–Crippen LogP) is 7.93. The van der Waals surface area contributed by atoms with E-state index in [4.69, 9.17) is 23.4 Å². The van der Waals surface area contributed by atoms with Crippen molar-refractivity contribution in [3.63, 3.8) is 0 Å². The third-order valence-corrected chi connectivity index (χ3v) is 12.0. The highest BCUT2D eigenvalue weighted by Gasteiger charge is 2.58. The highest BCUT2D eigenvalue weighted by molar-refractivity contribution is 9.10. The third-order valence-electron chi connectivity index (χ3n) is 11.0. The lowest BCUT2D eigenvalue weighted by atomic mass is 9.76. The Bertz CT molecular complexity index is 2580. The average Bonchev–Trinajstić information content (AvgIpc) is 3.38. The van der Waals surface area contributed by atoms with Crippen LogP contribution in [0.3, 0.4) is 0 Å². The van der Waals surface area contributed by atoms with E-state index in [-0.39, 0.29) is 5.41 Å². The molecular weight excluding hydrogens is 880 g/mol. The van der Waals surface area contributed by atoms with Gasteiger partial charge in [-0.25, -0.2) is 18.6 Å². The van der Waals surface area contributed by atoms with E-state index in [0.29, 0.717) is 0 Å². The summed E-state index contributed by atoms with van der Waals surface area (Å²) in [5.41, 5.74) is 12.4. The van der Waals surface area contributed by atoms with E-state index in [1.807, 2.05) is 0 Å². The summed E-state index contributed by atoms with van der Waals surface area (Å²) in [4.78, 5) is 2.30. The Kier molecular flexibility index (Phi) is 10.7. The predicted molar refractivity (Wildman–Crippen MR) is 225 cm³/mol. The summed E-state index contributed by atoms with van der Waals surface area (Å²) in [6.45, 7) is 4.58. The van der Waals surface area contributed by atoms with Gasteiger partial charge < -0.3 is 9.64 Å². The number of hydrogen-bond donors (Lipinski definition) is 0. The van der Waals surface area contributed by atoms with Gasteiger partial charge in [0.25, 0.3) is 0 Å². The number of likely N-dealkylation sites (N-methyl/N-ethyl adjacent to an activating group) is 1. The molecule has 0 amide bonds. The van der Waals surface area contributed by atoms with E-state index in [1.54, 1.807) is 0 Å². The summed E-state index contributed by atoms with van der Waals surface area (Å²) in [6.07, 6.45) is 4.54. The maximum absolute atomic E-state index is 8.49. The van der Waals surface area contributed by atoms with Crippen molar-refractivity contribution in [2.45, 2.75) is 25.0 Å². The molecule has 0 N–H and O–H groups in total. The molecule has 0 aliphatic carbocycles. The van der Waals surface area contributed by atoms with Gasteiger partial charge >= 0.3 is 0 Å². The first-order valence-corrected chi connectivity index (χ1v) is 21.3. The van der Waals surface area contributed by atoms with Gasteiger partial charge in [0, 0.05) is 68.2 Å². The fourth-order valence-corrected chi connectivity index (χ4v) is 8.69. The van der Waals surface area contributed by atoms with Crippen LogP contribution < -0.4 is 32.8 Å². The van der Waals surface area contributed by atoms with Crippen LogP contribution in [0.25, 0.3) is 56.5 Å². The Morgan fingerprint density at radius 1 is 0.586 bits per heavy atom. The summed E-state index contributed by atoms with van der Waals surface area (Å²) in [7, 11) is -2.79. The molecule has 0 saturated heterocycles. The molecule has 0 radical (unpaired) electrons. The summed E-state index contributed by atoms with van der Waals surface area (Å²) in [5, 5.41) is 0. The molecule has 1 spiro atoms. The molecule has 9 rings (SSSR count). The second-order valence-corrected chi connectivity index (χ2v) is 17.3. The summed E-state index contributed by atoms with van der Waals surface area (Å²) >= 11 is 7.36. The first kappa shape index (κ1) is 39.7. The van der Waals surface area contributed by atoms with Crippen molar-refractivity contribution in [1.29, 1.82) is 0 Å². The molecule has 2 aliphatic heterocycles. The van der Waals surface area contributed by atoms with Gasteiger partial charge in [-0.2, -0.15) is 4.57 Å². The topological polar surface area (TPSA) is 109 Å². The third kappa shape index (κ3) is 7.51. The lowest BCUT2D eigenvalue weighted by Gasteiger charge is -2.46. The van der Waals surface area contributed by atoms with Gasteiger partial charge in [-0.3, -0.25) is 0 Å². The Balaban J connectivity index is 0.000000887. The molecule has 6 aromatic carbocycles. The number of benzene rings is 6. The van der Waals surface area contributed by atoms with E-state index in [9.17, 15) is 0 Å². The Labute approximate surface area is 356 Å². The van der Waals surface area contributed by atoms with E-state index < -0.39 is 16.0 Å². The molecule has 3 heterocycles. The molecule has 58 heavy (non-hydrogen) atoms. The monoisotopic (exact) mass is 914 g/mol. The van der Waals surface area contributed by atoms with Crippen LogP contribution in [0.5, 0.6) is 5.75 Å². The minimum absolute atomic E-state index is 0.315. The first-order valence-electron chi connectivity index (χ1n) is 18.5. The zero-order valence-corrected chi connectivity index (χ0v) is 35.7. The number of ether oxygens (including phenoxy) is 1. The molecular formula is C48H37Br2ClN2O5. The lowest BCUT2D eigenvalue weighted by Crippen LogP contribution is -2.68. The van der Waals surface area contributed by atoms with E-state index in [2.05, 4.69) is 232 Å². The van der Waals surface area contributed by atoms with Gasteiger partial charge in [0.2, 0.25) is 22.8 Å². The highest BCUT2D eigenvalue weighted by atomic mass is 79.9. The van der Waals surface area contributed by atoms with Crippen LogP contribution in [-0.2, 0) is 5.41 Å². The average molecular weight is 917 g/mol. The molecule has 0 bridgehead atoms. The number of rotatable bonds is 5. The summed E-state index contributed by atoms with van der Waals surface area (Å²) in [5.74, 6) is 0.882. The van der Waals surface area contributed by atoms with Crippen LogP contribution in [-0.4, -0.2) is 12.8 Å². The molecule has 0 fully saturated rings. The second kappa shape index (κ2) is 15.6. The van der Waals surface area contributed by atoms with Crippen molar-refractivity contribution in [3.8, 4) is 56.2 Å². The zero-order valence-electron chi connectivity index (χ0n) is 31.7. The van der Waals surface area contributed by atoms with Gasteiger partial charge in [-0.1, -0.05) is 111 Å². The van der Waals surface area contributed by atoms with Crippen LogP contribution in [0.2, 0.25) is 0 Å². The number of hydrogen-bond acceptors (Lipinski definition) is 6. The highest BCUT2D eigenvalue weighted by Crippen LogP contribution is 2.55. The molecule has 2 aliphatic rings. The fourth-order valence-electron chi connectivity index (χ4n) is 8.17. The van der Waals surface area contributed by atoms with Gasteiger partial charge in [0.1, 0.15) is 5.75 Å². The van der Waals surface area contributed by atoms with E-state index in [0.717, 1.165) is 70.7 Å². The lowest BCUT2D eigenvalue weighted by molar-refractivity contribution is -2.00. The fraction of sp³-hybridized carbons (Fsp3) is 0.104. The van der Waals surface area contributed by atoms with E-state index in [1.165, 1.54) is 11.3 Å². The number of anilines is 1. The maximum Gasteiger partial charge on any atom is 0.219 e. The van der Waals surface area contributed by atoms with Crippen LogP contribution >= 0.6 is 31.9 Å². The van der Waals surface area contributed by atoms with Crippen LogP contribution in [0.15, 0.2) is 173 Å². The minimum Gasteiger partial charge on any atom is -0.462 e. The number of pyridine rings is 1. The molecule has 1 atom stereocenters. The van der Waals surface area contributed by atoms with Gasteiger partial charge in [0.05, 0.1) is 5.41 Å². The molecule has 1 aromatic heterocycles. The van der Waals surface area contributed by atoms with Gasteiger partial charge in [-0.15, -0.1) is 10.2 Å². The van der Waals surface area contributed by atoms with Crippen LogP contribution in [0, 0.1) is 10.2 Å². The first-order chi connectivity index (χ1) is 27.7. The molecule has 7 nitrogen and oxygen atoms in total. The second-order valence-electron chi connectivity index (χ2n) is 14.7. The van der Waals surface area contributed by atoms with Crippen molar-refractivity contribution in [1.82, 2.24) is 0 Å². The van der Waals surface area contributed by atoms with Crippen molar-refractivity contribution in [2.24, 2.45) is 0 Å². The van der Waals surface area contributed by atoms with Crippen LogP contribution in [0.4, 0.5) is 5.69 Å². The largest absolute Gasteiger partial charge is 0.462 e. The standard InChI is InChI=1S/C48H37Br2N2O.ClHO4/c1-47(2)42-16-10-11-17-43(42)51(3)48(47)27-26-36-28-40(31-41(46(36)53-48)33-14-8-5-9-15-33)52-44(34-18-22-38(49)23-19-34)29-37(32-12-6-4-7-13-32)30-45(52)35-20-24-39(50)25-21-35;2-1(3,4)5/h4-31H,1-3H3;(H,2,3,4,5)/q+1;/p-1. The Hall–Kier alpha value is -5.10. The van der Waals surface area contributed by atoms with E-state index >= 15 is 0 Å². The molecule has 0 saturated carbocycles.